The van der Waals surface area contributed by atoms with Crippen molar-refractivity contribution in [3.05, 3.63) is 65.2 Å². The van der Waals surface area contributed by atoms with Crippen molar-refractivity contribution in [2.24, 2.45) is 0 Å². The highest BCUT2D eigenvalue weighted by Crippen LogP contribution is 2.37. The Morgan fingerprint density at radius 3 is 2.30 bits per heavy atom. The number of rotatable bonds is 1. The summed E-state index contributed by atoms with van der Waals surface area (Å²) in [5, 5.41) is 1.28. The molecule has 0 radical (unpaired) electrons. The van der Waals surface area contributed by atoms with Gasteiger partial charge in [-0.2, -0.15) is 0 Å². The van der Waals surface area contributed by atoms with Gasteiger partial charge in [-0.25, -0.2) is 8.78 Å². The van der Waals surface area contributed by atoms with Gasteiger partial charge in [0.25, 0.3) is 0 Å². The summed E-state index contributed by atoms with van der Waals surface area (Å²) in [4.78, 5) is 0. The molecule has 0 atom stereocenters. The van der Waals surface area contributed by atoms with Crippen LogP contribution in [0.25, 0.3) is 21.9 Å². The Labute approximate surface area is 119 Å². The fourth-order valence-electron chi connectivity index (χ4n) is 2.30. The maximum Gasteiger partial charge on any atom is 0.131 e. The molecule has 0 saturated carbocycles. The third-order valence-corrected chi connectivity index (χ3v) is 3.57. The molecule has 0 aliphatic carbocycles. The van der Waals surface area contributed by atoms with Crippen LogP contribution >= 0.6 is 11.6 Å². The van der Waals surface area contributed by atoms with Gasteiger partial charge < -0.3 is 5.73 Å². The van der Waals surface area contributed by atoms with Crippen molar-refractivity contribution in [1.82, 2.24) is 0 Å². The van der Waals surface area contributed by atoms with E-state index in [4.69, 9.17) is 17.3 Å². The highest BCUT2D eigenvalue weighted by Gasteiger charge is 2.13. The highest BCUT2D eigenvalue weighted by atomic mass is 35.5. The SMILES string of the molecule is Nc1c(Cl)cc(F)cc1-c1ccc(F)c2ccccc12. The van der Waals surface area contributed by atoms with E-state index in [0.717, 1.165) is 6.07 Å². The van der Waals surface area contributed by atoms with Gasteiger partial charge in [0, 0.05) is 10.9 Å². The Kier molecular flexibility index (Phi) is 3.07. The van der Waals surface area contributed by atoms with Crippen LogP contribution in [0.2, 0.25) is 5.02 Å². The minimum atomic E-state index is -0.479. The maximum absolute atomic E-state index is 13.8. The highest BCUT2D eigenvalue weighted by molar-refractivity contribution is 6.34. The van der Waals surface area contributed by atoms with E-state index in [1.165, 1.54) is 12.1 Å². The van der Waals surface area contributed by atoms with E-state index in [2.05, 4.69) is 0 Å². The van der Waals surface area contributed by atoms with E-state index in [9.17, 15) is 8.78 Å². The molecular weight excluding hydrogens is 280 g/mol. The fraction of sp³-hybridized carbons (Fsp3) is 0. The molecule has 3 aromatic carbocycles. The zero-order chi connectivity index (χ0) is 14.3. The van der Waals surface area contributed by atoms with Gasteiger partial charge in [0.05, 0.1) is 10.7 Å². The van der Waals surface area contributed by atoms with Gasteiger partial charge in [-0.3, -0.25) is 0 Å². The molecule has 0 spiro atoms. The number of halogens is 3. The molecule has 100 valence electrons. The van der Waals surface area contributed by atoms with Gasteiger partial charge in [0.1, 0.15) is 11.6 Å². The summed E-state index contributed by atoms with van der Waals surface area (Å²) in [5.41, 5.74) is 7.32. The first-order valence-corrected chi connectivity index (χ1v) is 6.38. The topological polar surface area (TPSA) is 26.0 Å². The molecule has 3 rings (SSSR count). The largest absolute Gasteiger partial charge is 0.397 e. The standard InChI is InChI=1S/C16H10ClF2N/c17-14-8-9(18)7-13(16(14)20)11-5-6-15(19)12-4-2-1-3-10(11)12/h1-8H,20H2. The third kappa shape index (κ3) is 2.00. The lowest BCUT2D eigenvalue weighted by Gasteiger charge is -2.11. The molecule has 0 fully saturated rings. The zero-order valence-corrected chi connectivity index (χ0v) is 11.1. The van der Waals surface area contributed by atoms with Crippen molar-refractivity contribution < 1.29 is 8.78 Å². The van der Waals surface area contributed by atoms with Gasteiger partial charge in [0.15, 0.2) is 0 Å². The van der Waals surface area contributed by atoms with Gasteiger partial charge in [-0.1, -0.05) is 41.9 Å². The van der Waals surface area contributed by atoms with Gasteiger partial charge in [-0.15, -0.1) is 0 Å². The average Bonchev–Trinajstić information content (AvgIpc) is 2.44. The van der Waals surface area contributed by atoms with Crippen LogP contribution in [0.5, 0.6) is 0 Å². The second-order valence-electron chi connectivity index (χ2n) is 4.49. The van der Waals surface area contributed by atoms with Crippen molar-refractivity contribution in [3.63, 3.8) is 0 Å². The lowest BCUT2D eigenvalue weighted by Crippen LogP contribution is -1.94. The van der Waals surface area contributed by atoms with Crippen LogP contribution in [0, 0.1) is 11.6 Å². The smallest absolute Gasteiger partial charge is 0.131 e. The first kappa shape index (κ1) is 12.9. The van der Waals surface area contributed by atoms with Gasteiger partial charge >= 0.3 is 0 Å². The summed E-state index contributed by atoms with van der Waals surface area (Å²) >= 11 is 5.91. The van der Waals surface area contributed by atoms with Crippen LogP contribution in [0.15, 0.2) is 48.5 Å². The molecule has 0 aromatic heterocycles. The normalized spacial score (nSPS) is 10.9. The average molecular weight is 290 g/mol. The number of fused-ring (bicyclic) bond motifs is 1. The summed E-state index contributed by atoms with van der Waals surface area (Å²) in [6, 6.07) is 12.4. The summed E-state index contributed by atoms with van der Waals surface area (Å²) in [6.07, 6.45) is 0. The second-order valence-corrected chi connectivity index (χ2v) is 4.90. The Morgan fingerprint density at radius 2 is 1.55 bits per heavy atom. The Morgan fingerprint density at radius 1 is 0.850 bits per heavy atom. The van der Waals surface area contributed by atoms with Gasteiger partial charge in [0.2, 0.25) is 0 Å². The summed E-state index contributed by atoms with van der Waals surface area (Å²) in [5.74, 6) is -0.807. The number of benzene rings is 3. The third-order valence-electron chi connectivity index (χ3n) is 3.26. The first-order valence-electron chi connectivity index (χ1n) is 6.00. The van der Waals surface area contributed by atoms with Crippen LogP contribution < -0.4 is 5.73 Å². The van der Waals surface area contributed by atoms with Crippen molar-refractivity contribution >= 4 is 28.1 Å². The molecular formula is C16H10ClF2N. The maximum atomic E-state index is 13.8. The van der Waals surface area contributed by atoms with Gasteiger partial charge in [-0.05, 0) is 29.1 Å². The molecule has 0 heterocycles. The second kappa shape index (κ2) is 4.76. The van der Waals surface area contributed by atoms with E-state index < -0.39 is 5.82 Å². The molecule has 1 nitrogen and oxygen atoms in total. The van der Waals surface area contributed by atoms with E-state index in [0.29, 0.717) is 21.9 Å². The molecule has 0 saturated heterocycles. The lowest BCUT2D eigenvalue weighted by molar-refractivity contribution is 0.628. The minimum Gasteiger partial charge on any atom is -0.397 e. The number of anilines is 1. The van der Waals surface area contributed by atoms with Crippen molar-refractivity contribution in [3.8, 4) is 11.1 Å². The number of nitrogen functional groups attached to an aromatic ring is 1. The van der Waals surface area contributed by atoms with E-state index in [1.54, 1.807) is 30.3 Å². The summed E-state index contributed by atoms with van der Waals surface area (Å²) in [6.45, 7) is 0. The molecule has 20 heavy (non-hydrogen) atoms. The van der Waals surface area contributed by atoms with Crippen LogP contribution in [-0.2, 0) is 0 Å². The van der Waals surface area contributed by atoms with Crippen molar-refractivity contribution in [1.29, 1.82) is 0 Å². The van der Waals surface area contributed by atoms with E-state index >= 15 is 0 Å². The molecule has 0 amide bonds. The molecule has 0 aliphatic heterocycles. The fourth-order valence-corrected chi connectivity index (χ4v) is 2.51. The zero-order valence-electron chi connectivity index (χ0n) is 10.3. The molecule has 0 unspecified atom stereocenters. The van der Waals surface area contributed by atoms with Crippen molar-refractivity contribution in [2.75, 3.05) is 5.73 Å². The summed E-state index contributed by atoms with van der Waals surface area (Å²) < 4.78 is 27.4. The predicted octanol–water partition coefficient (Wildman–Crippen LogP) is 5.02. The van der Waals surface area contributed by atoms with Crippen LogP contribution in [0.4, 0.5) is 14.5 Å². The van der Waals surface area contributed by atoms with Crippen LogP contribution in [0.3, 0.4) is 0 Å². The van der Waals surface area contributed by atoms with Crippen LogP contribution in [-0.4, -0.2) is 0 Å². The predicted molar refractivity (Wildman–Crippen MR) is 78.7 cm³/mol. The van der Waals surface area contributed by atoms with Crippen LogP contribution in [0.1, 0.15) is 0 Å². The number of nitrogens with two attached hydrogens (primary N) is 1. The first-order chi connectivity index (χ1) is 9.58. The Hall–Kier alpha value is -2.13. The Bertz CT molecular complexity index is 815. The molecule has 3 aromatic rings. The molecule has 4 heteroatoms. The summed E-state index contributed by atoms with van der Waals surface area (Å²) in [7, 11) is 0. The number of hydrogen-bond donors (Lipinski definition) is 1. The molecule has 0 bridgehead atoms. The Balaban J connectivity index is 2.39. The molecule has 0 aliphatic rings. The molecule has 2 N–H and O–H groups in total. The minimum absolute atomic E-state index is 0.147. The number of hydrogen-bond acceptors (Lipinski definition) is 1. The lowest BCUT2D eigenvalue weighted by atomic mass is 9.96. The van der Waals surface area contributed by atoms with E-state index in [-0.39, 0.29) is 16.5 Å². The quantitative estimate of drug-likeness (QED) is 0.625. The monoisotopic (exact) mass is 289 g/mol. The van der Waals surface area contributed by atoms with Crippen molar-refractivity contribution in [2.45, 2.75) is 0 Å². The van der Waals surface area contributed by atoms with E-state index in [1.807, 2.05) is 0 Å².